The molecule has 0 unspecified atom stereocenters. The summed E-state index contributed by atoms with van der Waals surface area (Å²) in [4.78, 5) is 23.9. The number of amides is 2. The number of benzene rings is 1. The smallest absolute Gasteiger partial charge is 0.323 e. The number of rotatable bonds is 5. The monoisotopic (exact) mass is 250 g/mol. The van der Waals surface area contributed by atoms with Gasteiger partial charge in [0.25, 0.3) is 0 Å². The summed E-state index contributed by atoms with van der Waals surface area (Å²) in [6, 6.07) is 8.91. The number of carbonyl (C=O) groups is 2. The third-order valence-electron chi connectivity index (χ3n) is 2.24. The molecule has 0 saturated carbocycles. The molecule has 0 fully saturated rings. The van der Waals surface area contributed by atoms with Gasteiger partial charge in [-0.1, -0.05) is 30.3 Å². The third kappa shape index (κ3) is 4.86. The highest BCUT2D eigenvalue weighted by Gasteiger charge is 2.17. The number of carboxylic acids is 1. The predicted molar refractivity (Wildman–Crippen MR) is 68.2 cm³/mol. The van der Waals surface area contributed by atoms with Crippen LogP contribution in [0.2, 0.25) is 0 Å². The van der Waals surface area contributed by atoms with Crippen LogP contribution >= 0.6 is 0 Å². The van der Waals surface area contributed by atoms with Crippen molar-refractivity contribution in [3.63, 3.8) is 0 Å². The van der Waals surface area contributed by atoms with E-state index in [-0.39, 0.29) is 25.2 Å². The second-order valence-electron chi connectivity index (χ2n) is 4.34. The van der Waals surface area contributed by atoms with Crippen molar-refractivity contribution in [2.24, 2.45) is 0 Å². The molecule has 0 atom stereocenters. The normalized spacial score (nSPS) is 10.2. The highest BCUT2D eigenvalue weighted by molar-refractivity contribution is 5.80. The fraction of sp³-hybridized carbons (Fsp3) is 0.385. The molecule has 1 rings (SSSR count). The van der Waals surface area contributed by atoms with Crippen molar-refractivity contribution in [2.45, 2.75) is 26.4 Å². The van der Waals surface area contributed by atoms with Crippen LogP contribution in [-0.4, -0.2) is 34.6 Å². The van der Waals surface area contributed by atoms with E-state index >= 15 is 0 Å². The second-order valence-corrected chi connectivity index (χ2v) is 4.34. The van der Waals surface area contributed by atoms with E-state index in [0.717, 1.165) is 5.56 Å². The zero-order valence-electron chi connectivity index (χ0n) is 10.6. The van der Waals surface area contributed by atoms with Crippen LogP contribution < -0.4 is 5.32 Å². The average molecular weight is 250 g/mol. The topological polar surface area (TPSA) is 69.6 Å². The number of hydrogen-bond donors (Lipinski definition) is 2. The van der Waals surface area contributed by atoms with Crippen molar-refractivity contribution in [2.75, 3.05) is 6.54 Å². The van der Waals surface area contributed by atoms with Crippen LogP contribution in [-0.2, 0) is 11.3 Å². The molecule has 0 aliphatic rings. The van der Waals surface area contributed by atoms with Gasteiger partial charge in [-0.2, -0.15) is 0 Å². The van der Waals surface area contributed by atoms with Gasteiger partial charge in [-0.3, -0.25) is 4.79 Å². The van der Waals surface area contributed by atoms with Gasteiger partial charge in [-0.25, -0.2) is 4.79 Å². The lowest BCUT2D eigenvalue weighted by molar-refractivity contribution is -0.137. The Morgan fingerprint density at radius 1 is 1.28 bits per heavy atom. The molecule has 0 aromatic heterocycles. The van der Waals surface area contributed by atoms with Crippen molar-refractivity contribution >= 4 is 12.0 Å². The maximum atomic E-state index is 11.8. The van der Waals surface area contributed by atoms with Gasteiger partial charge in [0, 0.05) is 12.6 Å². The first-order chi connectivity index (χ1) is 8.49. The predicted octanol–water partition coefficient (Wildman–Crippen LogP) is 1.69. The Labute approximate surface area is 106 Å². The molecule has 0 aliphatic heterocycles. The summed E-state index contributed by atoms with van der Waals surface area (Å²) in [7, 11) is 0. The van der Waals surface area contributed by atoms with Gasteiger partial charge in [0.15, 0.2) is 0 Å². The first-order valence-electron chi connectivity index (χ1n) is 5.80. The van der Waals surface area contributed by atoms with E-state index in [2.05, 4.69) is 5.32 Å². The van der Waals surface area contributed by atoms with Gasteiger partial charge in [0.05, 0.1) is 0 Å². The summed E-state index contributed by atoms with van der Waals surface area (Å²) in [5.74, 6) is -1.02. The van der Waals surface area contributed by atoms with Gasteiger partial charge in [0.1, 0.15) is 6.54 Å². The van der Waals surface area contributed by atoms with E-state index < -0.39 is 5.97 Å². The van der Waals surface area contributed by atoms with E-state index in [9.17, 15) is 9.59 Å². The zero-order valence-corrected chi connectivity index (χ0v) is 10.6. The second kappa shape index (κ2) is 6.64. The summed E-state index contributed by atoms with van der Waals surface area (Å²) < 4.78 is 0. The van der Waals surface area contributed by atoms with Gasteiger partial charge in [-0.05, 0) is 19.4 Å². The Morgan fingerprint density at radius 2 is 1.89 bits per heavy atom. The van der Waals surface area contributed by atoms with Gasteiger partial charge < -0.3 is 15.3 Å². The molecule has 18 heavy (non-hydrogen) atoms. The van der Waals surface area contributed by atoms with E-state index in [0.29, 0.717) is 0 Å². The molecule has 0 saturated heterocycles. The van der Waals surface area contributed by atoms with Crippen LogP contribution in [0.3, 0.4) is 0 Å². The first-order valence-corrected chi connectivity index (χ1v) is 5.80. The molecule has 98 valence electrons. The van der Waals surface area contributed by atoms with Crippen molar-refractivity contribution in [1.82, 2.24) is 10.2 Å². The Kier molecular flexibility index (Phi) is 5.17. The number of hydrogen-bond acceptors (Lipinski definition) is 2. The van der Waals surface area contributed by atoms with Crippen LogP contribution in [0.5, 0.6) is 0 Å². The highest BCUT2D eigenvalue weighted by atomic mass is 16.4. The fourth-order valence-corrected chi connectivity index (χ4v) is 1.50. The summed E-state index contributed by atoms with van der Waals surface area (Å²) in [5, 5.41) is 11.5. The van der Waals surface area contributed by atoms with Crippen molar-refractivity contribution in [1.29, 1.82) is 0 Å². The molecule has 5 heteroatoms. The Balaban J connectivity index is 2.72. The first kappa shape index (κ1) is 14.0. The van der Waals surface area contributed by atoms with E-state index in [1.807, 2.05) is 44.2 Å². The molecule has 0 heterocycles. The van der Waals surface area contributed by atoms with Gasteiger partial charge >= 0.3 is 12.0 Å². The van der Waals surface area contributed by atoms with Crippen molar-refractivity contribution in [3.8, 4) is 0 Å². The number of carbonyl (C=O) groups excluding carboxylic acids is 1. The Morgan fingerprint density at radius 3 is 2.39 bits per heavy atom. The zero-order chi connectivity index (χ0) is 13.5. The maximum Gasteiger partial charge on any atom is 0.323 e. The van der Waals surface area contributed by atoms with E-state index in [1.165, 1.54) is 4.90 Å². The van der Waals surface area contributed by atoms with Crippen LogP contribution in [0.25, 0.3) is 0 Å². The Bertz CT molecular complexity index is 404. The molecule has 0 radical (unpaired) electrons. The lowest BCUT2D eigenvalue weighted by Gasteiger charge is -2.22. The number of nitrogens with zero attached hydrogens (tertiary/aromatic N) is 1. The summed E-state index contributed by atoms with van der Waals surface area (Å²) >= 11 is 0. The molecule has 1 aromatic rings. The lowest BCUT2D eigenvalue weighted by Crippen LogP contribution is -2.44. The molecule has 0 spiro atoms. The van der Waals surface area contributed by atoms with Crippen LogP contribution in [0.4, 0.5) is 4.79 Å². The van der Waals surface area contributed by atoms with Crippen LogP contribution in [0.15, 0.2) is 30.3 Å². The third-order valence-corrected chi connectivity index (χ3v) is 2.24. The summed E-state index contributed by atoms with van der Waals surface area (Å²) in [6.07, 6.45) is 0. The van der Waals surface area contributed by atoms with Gasteiger partial charge in [-0.15, -0.1) is 0 Å². The number of aliphatic carboxylic acids is 1. The lowest BCUT2D eigenvalue weighted by atomic mass is 10.2. The number of carboxylic acid groups (broad SMARTS) is 1. The average Bonchev–Trinajstić information content (AvgIpc) is 2.28. The SMILES string of the molecule is CC(C)NC(=O)N(CC(=O)O)Cc1ccccc1. The van der Waals surface area contributed by atoms with Crippen LogP contribution in [0.1, 0.15) is 19.4 Å². The van der Waals surface area contributed by atoms with Crippen LogP contribution in [0, 0.1) is 0 Å². The summed E-state index contributed by atoms with van der Waals surface area (Å²) in [5.41, 5.74) is 0.901. The highest BCUT2D eigenvalue weighted by Crippen LogP contribution is 2.04. The molecule has 0 bridgehead atoms. The molecular formula is C13H18N2O3. The number of urea groups is 1. The minimum atomic E-state index is -1.02. The quantitative estimate of drug-likeness (QED) is 0.835. The largest absolute Gasteiger partial charge is 0.480 e. The van der Waals surface area contributed by atoms with E-state index in [1.54, 1.807) is 0 Å². The summed E-state index contributed by atoms with van der Waals surface area (Å²) in [6.45, 7) is 3.64. The molecule has 0 aliphatic carbocycles. The molecule has 2 amide bonds. The minimum absolute atomic E-state index is 0.0235. The standard InChI is InChI=1S/C13H18N2O3/c1-10(2)14-13(18)15(9-12(16)17)8-11-6-4-3-5-7-11/h3-7,10H,8-9H2,1-2H3,(H,14,18)(H,16,17). The van der Waals surface area contributed by atoms with Crippen molar-refractivity contribution in [3.05, 3.63) is 35.9 Å². The molecule has 1 aromatic carbocycles. The fourth-order valence-electron chi connectivity index (χ4n) is 1.50. The van der Waals surface area contributed by atoms with Gasteiger partial charge in [0.2, 0.25) is 0 Å². The minimum Gasteiger partial charge on any atom is -0.480 e. The Hall–Kier alpha value is -2.04. The molecule has 5 nitrogen and oxygen atoms in total. The number of nitrogens with one attached hydrogen (secondary N) is 1. The molecule has 2 N–H and O–H groups in total. The maximum absolute atomic E-state index is 11.8. The van der Waals surface area contributed by atoms with E-state index in [4.69, 9.17) is 5.11 Å². The molecular weight excluding hydrogens is 232 g/mol. The van der Waals surface area contributed by atoms with Crippen molar-refractivity contribution < 1.29 is 14.7 Å².